The molecule has 0 fully saturated rings. The molecule has 0 aliphatic heterocycles. The lowest BCUT2D eigenvalue weighted by Crippen LogP contribution is -2.45. The summed E-state index contributed by atoms with van der Waals surface area (Å²) in [6, 6.07) is 16.9. The van der Waals surface area contributed by atoms with Gasteiger partial charge in [-0.2, -0.15) is 0 Å². The van der Waals surface area contributed by atoms with Crippen LogP contribution in [0.1, 0.15) is 37.6 Å². The molecule has 0 bridgehead atoms. The van der Waals surface area contributed by atoms with Crippen LogP contribution in [0.4, 0.5) is 0 Å². The topological polar surface area (TPSA) is 64.6 Å². The van der Waals surface area contributed by atoms with Crippen molar-refractivity contribution < 1.29 is 18.8 Å². The quantitative estimate of drug-likeness (QED) is 0.285. The van der Waals surface area contributed by atoms with Gasteiger partial charge in [0.15, 0.2) is 8.32 Å². The van der Waals surface area contributed by atoms with Gasteiger partial charge in [0.25, 0.3) is 5.91 Å². The highest BCUT2D eigenvalue weighted by atomic mass is 28.4. The number of carbonyl (C=O) groups is 2. The summed E-state index contributed by atoms with van der Waals surface area (Å²) in [7, 11) is -0.621. The molecule has 32 heavy (non-hydrogen) atoms. The highest BCUT2D eigenvalue weighted by molar-refractivity contribution is 6.74. The van der Waals surface area contributed by atoms with E-state index in [0.717, 1.165) is 21.5 Å². The molecule has 170 valence electrons. The predicted octanol–water partition coefficient (Wildman–Crippen LogP) is 5.68. The standard InChI is InChI=1S/C26H33NO4Si/c1-26(2,3)32(5,6)31-16-15-22(25(29)30-4)27-24(28)23-20-13-9-7-11-18(20)17-19-12-8-10-14-21(19)23/h7-14,17,22H,15-16H2,1-6H3,(H,27,28)/t22-/m0/s1. The third-order valence-corrected chi connectivity index (χ3v) is 11.0. The maximum absolute atomic E-state index is 13.5. The van der Waals surface area contributed by atoms with Gasteiger partial charge < -0.3 is 14.5 Å². The molecular formula is C26H33NO4Si. The third kappa shape index (κ3) is 5.02. The Kier molecular flexibility index (Phi) is 7.05. The first-order valence-corrected chi connectivity index (χ1v) is 13.9. The normalized spacial score (nSPS) is 13.2. The fourth-order valence-electron chi connectivity index (χ4n) is 3.53. The first-order valence-electron chi connectivity index (χ1n) is 11.0. The monoisotopic (exact) mass is 451 g/mol. The molecule has 0 aliphatic carbocycles. The number of hydrogen-bond acceptors (Lipinski definition) is 4. The Morgan fingerprint density at radius 3 is 2.00 bits per heavy atom. The van der Waals surface area contributed by atoms with Crippen LogP contribution < -0.4 is 5.32 Å². The van der Waals surface area contributed by atoms with Crippen LogP contribution in [0.25, 0.3) is 21.5 Å². The van der Waals surface area contributed by atoms with Gasteiger partial charge in [-0.25, -0.2) is 4.79 Å². The van der Waals surface area contributed by atoms with Crippen molar-refractivity contribution in [1.29, 1.82) is 0 Å². The molecule has 1 atom stereocenters. The molecule has 0 saturated carbocycles. The minimum atomic E-state index is -1.96. The smallest absolute Gasteiger partial charge is 0.328 e. The summed E-state index contributed by atoms with van der Waals surface area (Å²) in [6.07, 6.45) is 0.355. The number of esters is 1. The molecule has 1 N–H and O–H groups in total. The zero-order valence-electron chi connectivity index (χ0n) is 19.8. The second-order valence-electron chi connectivity index (χ2n) is 9.64. The fourth-order valence-corrected chi connectivity index (χ4v) is 4.59. The summed E-state index contributed by atoms with van der Waals surface area (Å²) < 4.78 is 11.2. The molecule has 3 aromatic rings. The first kappa shape index (κ1) is 23.9. The average Bonchev–Trinajstić information content (AvgIpc) is 2.75. The molecular weight excluding hydrogens is 418 g/mol. The first-order chi connectivity index (χ1) is 15.0. The van der Waals surface area contributed by atoms with E-state index in [1.54, 1.807) is 0 Å². The van der Waals surface area contributed by atoms with Crippen LogP contribution in [-0.4, -0.2) is 40.0 Å². The Labute approximate surface area is 191 Å². The molecule has 0 radical (unpaired) electrons. The van der Waals surface area contributed by atoms with Crippen LogP contribution in [0, 0.1) is 0 Å². The van der Waals surface area contributed by atoms with Crippen molar-refractivity contribution in [2.45, 2.75) is 51.4 Å². The van der Waals surface area contributed by atoms with E-state index in [2.05, 4.69) is 45.2 Å². The Morgan fingerprint density at radius 2 is 1.50 bits per heavy atom. The summed E-state index contributed by atoms with van der Waals surface area (Å²) in [5, 5.41) is 6.64. The lowest BCUT2D eigenvalue weighted by Gasteiger charge is -2.36. The van der Waals surface area contributed by atoms with Crippen LogP contribution in [0.2, 0.25) is 18.1 Å². The molecule has 0 saturated heterocycles. The van der Waals surface area contributed by atoms with Gasteiger partial charge in [0.05, 0.1) is 12.7 Å². The SMILES string of the molecule is COC(=O)[C@H](CCO[Si](C)(C)C(C)(C)C)NC(=O)c1c2ccccc2cc2ccccc12. The Hall–Kier alpha value is -2.70. The largest absolute Gasteiger partial charge is 0.467 e. The maximum Gasteiger partial charge on any atom is 0.328 e. The predicted molar refractivity (Wildman–Crippen MR) is 132 cm³/mol. The molecule has 3 aromatic carbocycles. The Bertz CT molecular complexity index is 1080. The van der Waals surface area contributed by atoms with Gasteiger partial charge in [-0.1, -0.05) is 69.3 Å². The van der Waals surface area contributed by atoms with Gasteiger partial charge in [-0.05, 0) is 45.7 Å². The molecule has 6 heteroatoms. The summed E-state index contributed by atoms with van der Waals surface area (Å²) >= 11 is 0. The van der Waals surface area contributed by atoms with Gasteiger partial charge in [0.1, 0.15) is 6.04 Å². The van der Waals surface area contributed by atoms with E-state index in [9.17, 15) is 9.59 Å². The van der Waals surface area contributed by atoms with E-state index in [1.165, 1.54) is 7.11 Å². The number of nitrogens with one attached hydrogen (secondary N) is 1. The Morgan fingerprint density at radius 1 is 0.969 bits per heavy atom. The number of benzene rings is 3. The van der Waals surface area contributed by atoms with E-state index in [1.807, 2.05) is 48.5 Å². The van der Waals surface area contributed by atoms with Crippen molar-refractivity contribution in [2.75, 3.05) is 13.7 Å². The maximum atomic E-state index is 13.5. The number of methoxy groups -OCH3 is 1. The molecule has 0 heterocycles. The van der Waals surface area contributed by atoms with Gasteiger partial charge in [-0.15, -0.1) is 0 Å². The van der Waals surface area contributed by atoms with Crippen molar-refractivity contribution in [1.82, 2.24) is 5.32 Å². The van der Waals surface area contributed by atoms with Gasteiger partial charge in [0.2, 0.25) is 0 Å². The zero-order chi connectivity index (χ0) is 23.5. The van der Waals surface area contributed by atoms with Gasteiger partial charge in [0, 0.05) is 13.0 Å². The number of amides is 1. The van der Waals surface area contributed by atoms with Crippen LogP contribution in [0.15, 0.2) is 54.6 Å². The second-order valence-corrected chi connectivity index (χ2v) is 14.4. The average molecular weight is 452 g/mol. The molecule has 0 unspecified atom stereocenters. The van der Waals surface area contributed by atoms with Crippen LogP contribution in [0.5, 0.6) is 0 Å². The van der Waals surface area contributed by atoms with E-state index in [4.69, 9.17) is 9.16 Å². The van der Waals surface area contributed by atoms with E-state index < -0.39 is 20.3 Å². The van der Waals surface area contributed by atoms with Gasteiger partial charge >= 0.3 is 5.97 Å². The van der Waals surface area contributed by atoms with E-state index in [-0.39, 0.29) is 10.9 Å². The highest BCUT2D eigenvalue weighted by Crippen LogP contribution is 2.36. The minimum absolute atomic E-state index is 0.0683. The van der Waals surface area contributed by atoms with E-state index in [0.29, 0.717) is 18.6 Å². The number of rotatable bonds is 7. The van der Waals surface area contributed by atoms with Crippen molar-refractivity contribution in [3.05, 3.63) is 60.2 Å². The van der Waals surface area contributed by atoms with Crippen molar-refractivity contribution in [2.24, 2.45) is 0 Å². The highest BCUT2D eigenvalue weighted by Gasteiger charge is 2.37. The van der Waals surface area contributed by atoms with Crippen LogP contribution in [-0.2, 0) is 14.0 Å². The number of fused-ring (bicyclic) bond motifs is 2. The lowest BCUT2D eigenvalue weighted by atomic mass is 9.96. The lowest BCUT2D eigenvalue weighted by molar-refractivity contribution is -0.143. The zero-order valence-corrected chi connectivity index (χ0v) is 20.8. The van der Waals surface area contributed by atoms with Gasteiger partial charge in [-0.3, -0.25) is 4.79 Å². The summed E-state index contributed by atoms with van der Waals surface area (Å²) in [6.45, 7) is 11.2. The Balaban J connectivity index is 1.88. The number of ether oxygens (including phenoxy) is 1. The summed E-state index contributed by atoms with van der Waals surface area (Å²) in [4.78, 5) is 25.9. The molecule has 3 rings (SSSR count). The van der Waals surface area contributed by atoms with Crippen LogP contribution in [0.3, 0.4) is 0 Å². The number of hydrogen-bond donors (Lipinski definition) is 1. The van der Waals surface area contributed by atoms with Crippen LogP contribution >= 0.6 is 0 Å². The molecule has 5 nitrogen and oxygen atoms in total. The van der Waals surface area contributed by atoms with E-state index >= 15 is 0 Å². The minimum Gasteiger partial charge on any atom is -0.467 e. The molecule has 0 aliphatic rings. The molecule has 1 amide bonds. The van der Waals surface area contributed by atoms with Crippen molar-refractivity contribution >= 4 is 41.7 Å². The summed E-state index contributed by atoms with van der Waals surface area (Å²) in [5.74, 6) is -0.762. The van der Waals surface area contributed by atoms with Crippen molar-refractivity contribution in [3.63, 3.8) is 0 Å². The molecule has 0 spiro atoms. The van der Waals surface area contributed by atoms with Crippen molar-refractivity contribution in [3.8, 4) is 0 Å². The number of carbonyl (C=O) groups excluding carboxylic acids is 2. The summed E-state index contributed by atoms with van der Waals surface area (Å²) in [5.41, 5.74) is 0.568. The molecule has 0 aromatic heterocycles. The fraction of sp³-hybridized carbons (Fsp3) is 0.385. The second kappa shape index (κ2) is 9.43. The third-order valence-electron chi connectivity index (χ3n) is 6.46.